The Kier molecular flexibility index (Phi) is 4.32. The van der Waals surface area contributed by atoms with Crippen molar-refractivity contribution in [3.05, 3.63) is 46.8 Å². The Morgan fingerprint density at radius 3 is 2.68 bits per heavy atom. The zero-order chi connectivity index (χ0) is 18.3. The van der Waals surface area contributed by atoms with Gasteiger partial charge in [-0.25, -0.2) is 9.07 Å². The van der Waals surface area contributed by atoms with E-state index in [0.717, 1.165) is 16.8 Å². The molecule has 0 unspecified atom stereocenters. The van der Waals surface area contributed by atoms with E-state index in [9.17, 15) is 14.0 Å². The lowest BCUT2D eigenvalue weighted by atomic mass is 10.1. The highest BCUT2D eigenvalue weighted by Crippen LogP contribution is 2.25. The van der Waals surface area contributed by atoms with Gasteiger partial charge in [0.1, 0.15) is 12.2 Å². The average Bonchev–Trinajstić information content (AvgIpc) is 3.12. The third kappa shape index (κ3) is 3.01. The molecular weight excluding hydrogens is 323 g/mol. The van der Waals surface area contributed by atoms with Crippen molar-refractivity contribution in [1.29, 1.82) is 0 Å². The molecule has 2 aromatic rings. The Hall–Kier alpha value is -2.70. The summed E-state index contributed by atoms with van der Waals surface area (Å²) in [7, 11) is 0. The SMILES string of the molecule is Cc1ccc(C)c(-n2ncc(C(=O)N3C[C@H](F)C[C@H]3C(N)=O)c2C)c1. The van der Waals surface area contributed by atoms with Crippen LogP contribution in [0.5, 0.6) is 0 Å². The number of hydrogen-bond acceptors (Lipinski definition) is 3. The fourth-order valence-corrected chi connectivity index (χ4v) is 3.24. The van der Waals surface area contributed by atoms with Crippen LogP contribution >= 0.6 is 0 Å². The molecule has 1 fully saturated rings. The summed E-state index contributed by atoms with van der Waals surface area (Å²) in [5.41, 5.74) is 9.29. The second-order valence-electron chi connectivity index (χ2n) is 6.55. The van der Waals surface area contributed by atoms with Crippen molar-refractivity contribution in [1.82, 2.24) is 14.7 Å². The molecule has 1 aromatic carbocycles. The first kappa shape index (κ1) is 17.1. The zero-order valence-electron chi connectivity index (χ0n) is 14.5. The number of aromatic nitrogens is 2. The van der Waals surface area contributed by atoms with Crippen LogP contribution in [0.1, 0.15) is 33.6 Å². The van der Waals surface area contributed by atoms with Gasteiger partial charge in [0.2, 0.25) is 5.91 Å². The molecule has 3 rings (SSSR count). The Bertz CT molecular complexity index is 846. The number of likely N-dealkylation sites (tertiary alicyclic amines) is 1. The Labute approximate surface area is 145 Å². The van der Waals surface area contributed by atoms with Crippen LogP contribution in [0, 0.1) is 20.8 Å². The van der Waals surface area contributed by atoms with E-state index < -0.39 is 24.0 Å². The molecule has 6 nitrogen and oxygen atoms in total. The Balaban J connectivity index is 1.97. The maximum Gasteiger partial charge on any atom is 0.258 e. The first-order valence-corrected chi connectivity index (χ1v) is 8.16. The third-order valence-corrected chi connectivity index (χ3v) is 4.67. The van der Waals surface area contributed by atoms with Gasteiger partial charge >= 0.3 is 0 Å². The molecule has 0 radical (unpaired) electrons. The number of primary amides is 1. The molecule has 2 atom stereocenters. The van der Waals surface area contributed by atoms with E-state index in [1.165, 1.54) is 11.1 Å². The maximum absolute atomic E-state index is 13.7. The van der Waals surface area contributed by atoms with Gasteiger partial charge < -0.3 is 10.6 Å². The lowest BCUT2D eigenvalue weighted by molar-refractivity contribution is -0.121. The van der Waals surface area contributed by atoms with Crippen molar-refractivity contribution in [3.8, 4) is 5.69 Å². The first-order valence-electron chi connectivity index (χ1n) is 8.16. The molecule has 2 N–H and O–H groups in total. The lowest BCUT2D eigenvalue weighted by Crippen LogP contribution is -2.43. The smallest absolute Gasteiger partial charge is 0.258 e. The van der Waals surface area contributed by atoms with Crippen LogP contribution in [0.25, 0.3) is 5.69 Å². The van der Waals surface area contributed by atoms with Crippen molar-refractivity contribution in [3.63, 3.8) is 0 Å². The number of benzene rings is 1. The molecule has 1 aliphatic rings. The number of alkyl halides is 1. The second kappa shape index (κ2) is 6.31. The van der Waals surface area contributed by atoms with Crippen LogP contribution < -0.4 is 5.73 Å². The van der Waals surface area contributed by atoms with Crippen molar-refractivity contribution in [2.75, 3.05) is 6.54 Å². The number of rotatable bonds is 3. The van der Waals surface area contributed by atoms with Crippen molar-refractivity contribution in [2.24, 2.45) is 5.73 Å². The van der Waals surface area contributed by atoms with Crippen LogP contribution in [0.3, 0.4) is 0 Å². The third-order valence-electron chi connectivity index (χ3n) is 4.67. The van der Waals surface area contributed by atoms with Crippen LogP contribution in [-0.2, 0) is 4.79 Å². The molecule has 0 bridgehead atoms. The van der Waals surface area contributed by atoms with Crippen LogP contribution in [-0.4, -0.2) is 45.3 Å². The first-order chi connectivity index (χ1) is 11.8. The van der Waals surface area contributed by atoms with E-state index in [0.29, 0.717) is 11.3 Å². The van der Waals surface area contributed by atoms with E-state index in [1.54, 1.807) is 11.6 Å². The standard InChI is InChI=1S/C18H21FN4O2/c1-10-4-5-11(2)15(6-10)23-12(3)14(8-21-23)18(25)22-9-13(19)7-16(22)17(20)24/h4-6,8,13,16H,7,9H2,1-3H3,(H2,20,24)/t13-,16+/m1/s1. The predicted octanol–water partition coefficient (Wildman–Crippen LogP) is 1.84. The van der Waals surface area contributed by atoms with E-state index in [-0.39, 0.29) is 13.0 Å². The van der Waals surface area contributed by atoms with Crippen molar-refractivity contribution >= 4 is 11.8 Å². The number of carbonyl (C=O) groups is 2. The topological polar surface area (TPSA) is 81.2 Å². The summed E-state index contributed by atoms with van der Waals surface area (Å²) in [6.45, 7) is 5.61. The number of halogens is 1. The molecule has 1 aromatic heterocycles. The monoisotopic (exact) mass is 344 g/mol. The predicted molar refractivity (Wildman–Crippen MR) is 91.3 cm³/mol. The van der Waals surface area contributed by atoms with E-state index in [4.69, 9.17) is 5.73 Å². The van der Waals surface area contributed by atoms with Gasteiger partial charge in [-0.05, 0) is 38.0 Å². The fraction of sp³-hybridized carbons (Fsp3) is 0.389. The van der Waals surface area contributed by atoms with Crippen LogP contribution in [0.15, 0.2) is 24.4 Å². The van der Waals surface area contributed by atoms with E-state index in [1.807, 2.05) is 32.0 Å². The molecule has 132 valence electrons. The van der Waals surface area contributed by atoms with E-state index in [2.05, 4.69) is 5.10 Å². The van der Waals surface area contributed by atoms with Gasteiger partial charge in [-0.3, -0.25) is 9.59 Å². The highest BCUT2D eigenvalue weighted by atomic mass is 19.1. The number of aryl methyl sites for hydroxylation is 2. The van der Waals surface area contributed by atoms with Crippen LogP contribution in [0.4, 0.5) is 4.39 Å². The minimum Gasteiger partial charge on any atom is -0.368 e. The van der Waals surface area contributed by atoms with Gasteiger partial charge in [0.25, 0.3) is 5.91 Å². The summed E-state index contributed by atoms with van der Waals surface area (Å²) >= 11 is 0. The van der Waals surface area contributed by atoms with Gasteiger partial charge in [-0.1, -0.05) is 12.1 Å². The molecular formula is C18H21FN4O2. The highest BCUT2D eigenvalue weighted by Gasteiger charge is 2.39. The fourth-order valence-electron chi connectivity index (χ4n) is 3.24. The molecule has 1 saturated heterocycles. The van der Waals surface area contributed by atoms with E-state index >= 15 is 0 Å². The Morgan fingerprint density at radius 1 is 1.28 bits per heavy atom. The van der Waals surface area contributed by atoms with Crippen LogP contribution in [0.2, 0.25) is 0 Å². The van der Waals surface area contributed by atoms with Gasteiger partial charge in [-0.2, -0.15) is 5.10 Å². The van der Waals surface area contributed by atoms with Crippen molar-refractivity contribution in [2.45, 2.75) is 39.4 Å². The lowest BCUT2D eigenvalue weighted by Gasteiger charge is -2.21. The zero-order valence-corrected chi connectivity index (χ0v) is 14.5. The summed E-state index contributed by atoms with van der Waals surface area (Å²) < 4.78 is 15.4. The number of hydrogen-bond donors (Lipinski definition) is 1. The largest absolute Gasteiger partial charge is 0.368 e. The summed E-state index contributed by atoms with van der Waals surface area (Å²) in [6.07, 6.45) is 0.171. The molecule has 2 heterocycles. The molecule has 25 heavy (non-hydrogen) atoms. The minimum absolute atomic E-state index is 0.0504. The normalized spacial score (nSPS) is 20.1. The Morgan fingerprint density at radius 2 is 2.00 bits per heavy atom. The maximum atomic E-state index is 13.7. The quantitative estimate of drug-likeness (QED) is 0.922. The summed E-state index contributed by atoms with van der Waals surface area (Å²) in [6, 6.07) is 5.08. The summed E-state index contributed by atoms with van der Waals surface area (Å²) in [5.74, 6) is -1.11. The molecule has 0 spiro atoms. The number of nitrogens with two attached hydrogens (primary N) is 1. The molecule has 2 amide bonds. The molecule has 7 heteroatoms. The number of nitrogens with zero attached hydrogens (tertiary/aromatic N) is 3. The van der Waals surface area contributed by atoms with Crippen molar-refractivity contribution < 1.29 is 14.0 Å². The van der Waals surface area contributed by atoms with Gasteiger partial charge in [0, 0.05) is 6.42 Å². The molecule has 0 saturated carbocycles. The number of carbonyl (C=O) groups excluding carboxylic acids is 2. The molecule has 0 aliphatic carbocycles. The van der Waals surface area contributed by atoms with Gasteiger partial charge in [0.05, 0.1) is 29.7 Å². The summed E-state index contributed by atoms with van der Waals surface area (Å²) in [5, 5.41) is 4.33. The second-order valence-corrected chi connectivity index (χ2v) is 6.55. The molecule has 1 aliphatic heterocycles. The average molecular weight is 344 g/mol. The number of amides is 2. The summed E-state index contributed by atoms with van der Waals surface area (Å²) in [4.78, 5) is 25.6. The van der Waals surface area contributed by atoms with Gasteiger partial charge in [0.15, 0.2) is 0 Å². The minimum atomic E-state index is -1.24. The van der Waals surface area contributed by atoms with Gasteiger partial charge in [-0.15, -0.1) is 0 Å². The highest BCUT2D eigenvalue weighted by molar-refractivity contribution is 5.98.